The van der Waals surface area contributed by atoms with Crippen LogP contribution in [-0.2, 0) is 14.3 Å². The third kappa shape index (κ3) is 5.62. The maximum absolute atomic E-state index is 14.2. The van der Waals surface area contributed by atoms with Crippen molar-refractivity contribution in [1.82, 2.24) is 9.80 Å². The molecule has 0 radical (unpaired) electrons. The highest BCUT2D eigenvalue weighted by atomic mass is 16.5. The van der Waals surface area contributed by atoms with Gasteiger partial charge in [-0.25, -0.2) is 4.79 Å². The lowest BCUT2D eigenvalue weighted by Crippen LogP contribution is -2.57. The Morgan fingerprint density at radius 2 is 1.41 bits per heavy atom. The van der Waals surface area contributed by atoms with Crippen LogP contribution in [0.4, 0.5) is 0 Å². The van der Waals surface area contributed by atoms with Crippen LogP contribution in [0.5, 0.6) is 0 Å². The number of ether oxygens (including phenoxy) is 1. The smallest absolute Gasteiger partial charge is 0.328 e. The van der Waals surface area contributed by atoms with Crippen LogP contribution in [0.2, 0.25) is 0 Å². The molecule has 2 aliphatic heterocycles. The first-order valence-corrected chi connectivity index (χ1v) is 13.4. The maximum Gasteiger partial charge on any atom is 0.328 e. The molecule has 2 fully saturated rings. The molecule has 3 atom stereocenters. The van der Waals surface area contributed by atoms with Gasteiger partial charge in [-0.3, -0.25) is 9.69 Å². The minimum atomic E-state index is -0.580. The van der Waals surface area contributed by atoms with Gasteiger partial charge in [0.15, 0.2) is 0 Å². The number of piperidine rings is 2. The fourth-order valence-corrected chi connectivity index (χ4v) is 6.17. The summed E-state index contributed by atoms with van der Waals surface area (Å²) in [4.78, 5) is 31.5. The molecule has 0 aliphatic carbocycles. The highest BCUT2D eigenvalue weighted by Crippen LogP contribution is 2.34. The topological polar surface area (TPSA) is 49.9 Å². The average Bonchev–Trinajstić information content (AvgIpc) is 2.98. The van der Waals surface area contributed by atoms with E-state index in [1.54, 1.807) is 4.90 Å². The van der Waals surface area contributed by atoms with Gasteiger partial charge in [0, 0.05) is 19.1 Å². The Bertz CT molecular complexity index is 1130. The first-order valence-electron chi connectivity index (χ1n) is 13.4. The summed E-state index contributed by atoms with van der Waals surface area (Å²) in [5, 5.41) is 0. The van der Waals surface area contributed by atoms with Gasteiger partial charge < -0.3 is 9.64 Å². The van der Waals surface area contributed by atoms with E-state index in [-0.39, 0.29) is 17.9 Å². The summed E-state index contributed by atoms with van der Waals surface area (Å²) in [6.07, 6.45) is 3.80. The minimum absolute atomic E-state index is 0.0351. The zero-order chi connectivity index (χ0) is 25.6. The van der Waals surface area contributed by atoms with Gasteiger partial charge in [0.1, 0.15) is 6.04 Å². The second-order valence-corrected chi connectivity index (χ2v) is 10.2. The number of hydrogen-bond donors (Lipinski definition) is 0. The predicted octanol–water partition coefficient (Wildman–Crippen LogP) is 5.23. The minimum Gasteiger partial charge on any atom is -0.467 e. The molecule has 2 aliphatic rings. The lowest BCUT2D eigenvalue weighted by Gasteiger charge is -2.45. The van der Waals surface area contributed by atoms with E-state index >= 15 is 0 Å². The molecular weight excluding hydrogens is 460 g/mol. The lowest BCUT2D eigenvalue weighted by atomic mass is 9.86. The Hall–Kier alpha value is -3.44. The largest absolute Gasteiger partial charge is 0.467 e. The number of esters is 1. The number of carbonyl (C=O) groups is 2. The summed E-state index contributed by atoms with van der Waals surface area (Å²) in [5.41, 5.74) is 3.26. The molecule has 0 unspecified atom stereocenters. The number of nitrogens with zero attached hydrogens (tertiary/aromatic N) is 2. The molecule has 0 aromatic heterocycles. The van der Waals surface area contributed by atoms with Crippen LogP contribution in [0.15, 0.2) is 91.0 Å². The first-order chi connectivity index (χ1) is 18.2. The molecule has 3 aromatic rings. The Labute approximate surface area is 220 Å². The van der Waals surface area contributed by atoms with E-state index in [9.17, 15) is 9.59 Å². The predicted molar refractivity (Wildman–Crippen MR) is 145 cm³/mol. The molecule has 0 saturated carbocycles. The van der Waals surface area contributed by atoms with Gasteiger partial charge in [0.25, 0.3) is 0 Å². The third-order valence-corrected chi connectivity index (χ3v) is 8.08. The number of likely N-dealkylation sites (tertiary alicyclic amines) is 2. The van der Waals surface area contributed by atoms with E-state index in [2.05, 4.69) is 35.2 Å². The molecule has 2 heterocycles. The van der Waals surface area contributed by atoms with E-state index in [4.69, 9.17) is 4.74 Å². The average molecular weight is 497 g/mol. The van der Waals surface area contributed by atoms with Gasteiger partial charge in [0.2, 0.25) is 5.91 Å². The fourth-order valence-electron chi connectivity index (χ4n) is 6.17. The molecule has 192 valence electrons. The standard InChI is InChI=1S/C32H36N2O3/c1-37-32(36)29-22-28(33-20-11-18-27(23-33)24-12-5-2-6-13-24)19-21-34(29)31(35)30(25-14-7-3-8-15-25)26-16-9-4-10-17-26/h2-10,12-17,27-30H,11,18-23H2,1H3/t27-,28+,29+/m1/s1. The summed E-state index contributed by atoms with van der Waals surface area (Å²) in [6.45, 7) is 2.58. The lowest BCUT2D eigenvalue weighted by molar-refractivity contribution is -0.156. The second kappa shape index (κ2) is 11.7. The highest BCUT2D eigenvalue weighted by molar-refractivity contribution is 5.91. The summed E-state index contributed by atoms with van der Waals surface area (Å²) in [5.74, 6) is -0.308. The van der Waals surface area contributed by atoms with Gasteiger partial charge >= 0.3 is 5.97 Å². The number of carbonyl (C=O) groups excluding carboxylic acids is 2. The summed E-state index contributed by atoms with van der Waals surface area (Å²) in [7, 11) is 1.42. The third-order valence-electron chi connectivity index (χ3n) is 8.08. The van der Waals surface area contributed by atoms with Crippen molar-refractivity contribution in [2.24, 2.45) is 0 Å². The van der Waals surface area contributed by atoms with Crippen molar-refractivity contribution in [2.75, 3.05) is 26.7 Å². The normalized spacial score (nSPS) is 22.5. The van der Waals surface area contributed by atoms with Crippen LogP contribution in [0.1, 0.15) is 54.2 Å². The van der Waals surface area contributed by atoms with Crippen molar-refractivity contribution >= 4 is 11.9 Å². The summed E-state index contributed by atoms with van der Waals surface area (Å²) < 4.78 is 5.24. The second-order valence-electron chi connectivity index (χ2n) is 10.2. The molecule has 0 spiro atoms. The van der Waals surface area contributed by atoms with E-state index in [0.29, 0.717) is 18.9 Å². The van der Waals surface area contributed by atoms with Gasteiger partial charge in [0.05, 0.1) is 13.0 Å². The number of methoxy groups -OCH3 is 1. The number of amides is 1. The molecule has 5 rings (SSSR count). The Morgan fingerprint density at radius 1 is 0.811 bits per heavy atom. The van der Waals surface area contributed by atoms with Crippen molar-refractivity contribution in [1.29, 1.82) is 0 Å². The molecule has 37 heavy (non-hydrogen) atoms. The number of rotatable bonds is 6. The van der Waals surface area contributed by atoms with E-state index in [0.717, 1.165) is 37.1 Å². The number of hydrogen-bond acceptors (Lipinski definition) is 4. The van der Waals surface area contributed by atoms with E-state index in [1.807, 2.05) is 60.7 Å². The van der Waals surface area contributed by atoms with Gasteiger partial charge in [-0.2, -0.15) is 0 Å². The molecule has 0 N–H and O–H groups in total. The molecule has 5 heteroatoms. The van der Waals surface area contributed by atoms with Crippen LogP contribution in [0, 0.1) is 0 Å². The summed E-state index contributed by atoms with van der Waals surface area (Å²) in [6, 6.07) is 30.1. The SMILES string of the molecule is COC(=O)[C@@H]1C[C@@H](N2CCC[C@@H](c3ccccc3)C2)CCN1C(=O)C(c1ccccc1)c1ccccc1. The van der Waals surface area contributed by atoms with Crippen molar-refractivity contribution in [3.63, 3.8) is 0 Å². The Kier molecular flexibility index (Phi) is 8.00. The van der Waals surface area contributed by atoms with Gasteiger partial charge in [-0.1, -0.05) is 91.0 Å². The van der Waals surface area contributed by atoms with E-state index in [1.165, 1.54) is 19.1 Å². The maximum atomic E-state index is 14.2. The summed E-state index contributed by atoms with van der Waals surface area (Å²) >= 11 is 0. The highest BCUT2D eigenvalue weighted by Gasteiger charge is 2.42. The first kappa shape index (κ1) is 25.2. The van der Waals surface area contributed by atoms with Crippen molar-refractivity contribution < 1.29 is 14.3 Å². The fraction of sp³-hybridized carbons (Fsp3) is 0.375. The zero-order valence-electron chi connectivity index (χ0n) is 21.5. The zero-order valence-corrected chi connectivity index (χ0v) is 21.5. The molecule has 5 nitrogen and oxygen atoms in total. The quantitative estimate of drug-likeness (QED) is 0.439. The van der Waals surface area contributed by atoms with Crippen LogP contribution >= 0.6 is 0 Å². The van der Waals surface area contributed by atoms with Crippen molar-refractivity contribution in [3.05, 3.63) is 108 Å². The van der Waals surface area contributed by atoms with Crippen molar-refractivity contribution in [3.8, 4) is 0 Å². The molecular formula is C32H36N2O3. The molecule has 0 bridgehead atoms. The van der Waals surface area contributed by atoms with E-state index < -0.39 is 12.0 Å². The number of benzene rings is 3. The van der Waals surface area contributed by atoms with Crippen molar-refractivity contribution in [2.45, 2.75) is 49.6 Å². The van der Waals surface area contributed by atoms with Crippen LogP contribution in [-0.4, -0.2) is 60.5 Å². The molecule has 2 saturated heterocycles. The monoisotopic (exact) mass is 496 g/mol. The van der Waals surface area contributed by atoms with Gasteiger partial charge in [-0.05, 0) is 54.8 Å². The van der Waals surface area contributed by atoms with Gasteiger partial charge in [-0.15, -0.1) is 0 Å². The van der Waals surface area contributed by atoms with Crippen LogP contribution in [0.3, 0.4) is 0 Å². The molecule has 1 amide bonds. The van der Waals surface area contributed by atoms with Crippen LogP contribution in [0.25, 0.3) is 0 Å². The Morgan fingerprint density at radius 3 is 2.00 bits per heavy atom. The molecule has 3 aromatic carbocycles. The van der Waals surface area contributed by atoms with Crippen LogP contribution < -0.4 is 0 Å². The Balaban J connectivity index is 1.37.